The van der Waals surface area contributed by atoms with Crippen molar-refractivity contribution in [3.05, 3.63) is 29.8 Å². The van der Waals surface area contributed by atoms with Crippen molar-refractivity contribution < 1.29 is 14.3 Å². The summed E-state index contributed by atoms with van der Waals surface area (Å²) in [6, 6.07) is 7.54. The largest absolute Gasteiger partial charge is 0.439 e. The van der Waals surface area contributed by atoms with Gasteiger partial charge in [0.1, 0.15) is 0 Å². The minimum Gasteiger partial charge on any atom is -0.439 e. The molecule has 1 aliphatic heterocycles. The van der Waals surface area contributed by atoms with Gasteiger partial charge in [0.2, 0.25) is 0 Å². The Morgan fingerprint density at radius 1 is 1.50 bits per heavy atom. The first-order valence-electron chi connectivity index (χ1n) is 4.37. The zero-order valence-electron chi connectivity index (χ0n) is 7.82. The zero-order valence-corrected chi connectivity index (χ0v) is 7.82. The van der Waals surface area contributed by atoms with Gasteiger partial charge in [0, 0.05) is 12.7 Å². The van der Waals surface area contributed by atoms with Gasteiger partial charge in [-0.2, -0.15) is 0 Å². The van der Waals surface area contributed by atoms with E-state index in [4.69, 9.17) is 9.47 Å². The Morgan fingerprint density at radius 3 is 3.07 bits per heavy atom. The van der Waals surface area contributed by atoms with E-state index < -0.39 is 6.09 Å². The molecule has 0 bridgehead atoms. The summed E-state index contributed by atoms with van der Waals surface area (Å²) in [6.45, 7) is 0.379. The van der Waals surface area contributed by atoms with Crippen LogP contribution >= 0.6 is 0 Å². The van der Waals surface area contributed by atoms with Crippen molar-refractivity contribution in [2.75, 3.05) is 19.0 Å². The first-order valence-corrected chi connectivity index (χ1v) is 4.37. The van der Waals surface area contributed by atoms with Crippen LogP contribution in [0, 0.1) is 0 Å². The smallest absolute Gasteiger partial charge is 0.412 e. The molecule has 74 valence electrons. The van der Waals surface area contributed by atoms with Crippen LogP contribution < -0.4 is 5.32 Å². The van der Waals surface area contributed by atoms with E-state index in [1.54, 1.807) is 7.11 Å². The second-order valence-electron chi connectivity index (χ2n) is 3.06. The van der Waals surface area contributed by atoms with Crippen LogP contribution in [0.4, 0.5) is 10.5 Å². The fourth-order valence-electron chi connectivity index (χ4n) is 1.50. The summed E-state index contributed by atoms with van der Waals surface area (Å²) in [5, 5.41) is 2.63. The molecule has 0 radical (unpaired) electrons. The molecular weight excluding hydrogens is 182 g/mol. The Balaban J connectivity index is 2.33. The molecule has 1 atom stereocenters. The number of amides is 1. The van der Waals surface area contributed by atoms with Gasteiger partial charge in [0.05, 0.1) is 12.3 Å². The van der Waals surface area contributed by atoms with E-state index in [0.717, 1.165) is 11.3 Å². The zero-order chi connectivity index (χ0) is 9.97. The summed E-state index contributed by atoms with van der Waals surface area (Å²) in [5.41, 5.74) is 1.75. The molecule has 0 saturated carbocycles. The summed E-state index contributed by atoms with van der Waals surface area (Å²) < 4.78 is 10.1. The molecule has 0 spiro atoms. The minimum absolute atomic E-state index is 0.301. The summed E-state index contributed by atoms with van der Waals surface area (Å²) in [6.07, 6.45) is -0.726. The number of nitrogens with one attached hydrogen (secondary N) is 1. The molecule has 1 amide bonds. The van der Waals surface area contributed by atoms with Crippen LogP contribution in [-0.2, 0) is 9.47 Å². The number of anilines is 1. The van der Waals surface area contributed by atoms with Crippen molar-refractivity contribution in [1.29, 1.82) is 0 Å². The van der Waals surface area contributed by atoms with Crippen LogP contribution in [0.3, 0.4) is 0 Å². The molecule has 1 aliphatic rings. The van der Waals surface area contributed by atoms with Gasteiger partial charge in [-0.15, -0.1) is 0 Å². The molecule has 0 aromatic heterocycles. The molecule has 1 aromatic carbocycles. The van der Waals surface area contributed by atoms with E-state index in [-0.39, 0.29) is 6.10 Å². The molecule has 0 fully saturated rings. The SMILES string of the molecule is COCC1OC(=O)Nc2ccccc21. The third-order valence-corrected chi connectivity index (χ3v) is 2.11. The van der Waals surface area contributed by atoms with Crippen LogP contribution in [0.25, 0.3) is 0 Å². The highest BCUT2D eigenvalue weighted by atomic mass is 16.6. The Morgan fingerprint density at radius 2 is 2.29 bits per heavy atom. The monoisotopic (exact) mass is 193 g/mol. The normalized spacial score (nSPS) is 19.5. The highest BCUT2D eigenvalue weighted by Crippen LogP contribution is 2.30. The third-order valence-electron chi connectivity index (χ3n) is 2.11. The lowest BCUT2D eigenvalue weighted by Gasteiger charge is -2.25. The number of rotatable bonds is 2. The molecule has 1 heterocycles. The summed E-state index contributed by atoms with van der Waals surface area (Å²) in [5.74, 6) is 0. The molecule has 2 rings (SSSR count). The van der Waals surface area contributed by atoms with E-state index in [1.807, 2.05) is 24.3 Å². The summed E-state index contributed by atoms with van der Waals surface area (Å²) >= 11 is 0. The molecule has 4 nitrogen and oxygen atoms in total. The number of carbonyl (C=O) groups excluding carboxylic acids is 1. The number of benzene rings is 1. The molecule has 0 saturated heterocycles. The fourth-order valence-corrected chi connectivity index (χ4v) is 1.50. The molecule has 0 aliphatic carbocycles. The average molecular weight is 193 g/mol. The molecular formula is C10H11NO3. The van der Waals surface area contributed by atoms with E-state index in [1.165, 1.54) is 0 Å². The number of carbonyl (C=O) groups is 1. The number of fused-ring (bicyclic) bond motifs is 1. The van der Waals surface area contributed by atoms with Crippen molar-refractivity contribution in [3.63, 3.8) is 0 Å². The maximum absolute atomic E-state index is 11.1. The number of cyclic esters (lactones) is 1. The van der Waals surface area contributed by atoms with E-state index in [0.29, 0.717) is 6.61 Å². The van der Waals surface area contributed by atoms with Gasteiger partial charge in [-0.25, -0.2) is 4.79 Å². The van der Waals surface area contributed by atoms with Crippen LogP contribution in [0.1, 0.15) is 11.7 Å². The van der Waals surface area contributed by atoms with Crippen molar-refractivity contribution >= 4 is 11.8 Å². The van der Waals surface area contributed by atoms with Gasteiger partial charge >= 0.3 is 6.09 Å². The van der Waals surface area contributed by atoms with E-state index in [9.17, 15) is 4.79 Å². The molecule has 14 heavy (non-hydrogen) atoms. The lowest BCUT2D eigenvalue weighted by molar-refractivity contribution is 0.0424. The number of methoxy groups -OCH3 is 1. The molecule has 1 N–H and O–H groups in total. The maximum atomic E-state index is 11.1. The fraction of sp³-hybridized carbons (Fsp3) is 0.300. The Bertz CT molecular complexity index is 351. The van der Waals surface area contributed by atoms with Crippen molar-refractivity contribution in [3.8, 4) is 0 Å². The molecule has 1 unspecified atom stereocenters. The van der Waals surface area contributed by atoms with E-state index >= 15 is 0 Å². The summed E-state index contributed by atoms with van der Waals surface area (Å²) in [4.78, 5) is 11.1. The second-order valence-corrected chi connectivity index (χ2v) is 3.06. The lowest BCUT2D eigenvalue weighted by Crippen LogP contribution is -2.26. The first kappa shape index (κ1) is 9.02. The molecule has 1 aromatic rings. The quantitative estimate of drug-likeness (QED) is 0.780. The van der Waals surface area contributed by atoms with Gasteiger partial charge in [0.15, 0.2) is 6.10 Å². The standard InChI is InChI=1S/C10H11NO3/c1-13-6-9-7-4-2-3-5-8(7)11-10(12)14-9/h2-5,9H,6H2,1H3,(H,11,12). The molecule has 4 heteroatoms. The number of hydrogen-bond donors (Lipinski definition) is 1. The summed E-state index contributed by atoms with van der Waals surface area (Å²) in [7, 11) is 1.58. The topological polar surface area (TPSA) is 47.6 Å². The minimum atomic E-state index is -0.425. The Labute approximate surface area is 81.8 Å². The number of ether oxygens (including phenoxy) is 2. The third kappa shape index (κ3) is 1.56. The average Bonchev–Trinajstić information content (AvgIpc) is 2.18. The van der Waals surface area contributed by atoms with Crippen LogP contribution in [-0.4, -0.2) is 19.8 Å². The van der Waals surface area contributed by atoms with Gasteiger partial charge in [-0.1, -0.05) is 18.2 Å². The predicted octanol–water partition coefficient (Wildman–Crippen LogP) is 1.94. The highest BCUT2D eigenvalue weighted by molar-refractivity contribution is 5.88. The van der Waals surface area contributed by atoms with Crippen LogP contribution in [0.5, 0.6) is 0 Å². The first-order chi connectivity index (χ1) is 6.81. The van der Waals surface area contributed by atoms with Gasteiger partial charge < -0.3 is 9.47 Å². The Kier molecular flexibility index (Phi) is 2.37. The van der Waals surface area contributed by atoms with Crippen molar-refractivity contribution in [2.45, 2.75) is 6.10 Å². The van der Waals surface area contributed by atoms with E-state index in [2.05, 4.69) is 5.32 Å². The van der Waals surface area contributed by atoms with Gasteiger partial charge in [-0.05, 0) is 6.07 Å². The Hall–Kier alpha value is -1.55. The number of para-hydroxylation sites is 1. The van der Waals surface area contributed by atoms with Crippen molar-refractivity contribution in [1.82, 2.24) is 0 Å². The maximum Gasteiger partial charge on any atom is 0.412 e. The highest BCUT2D eigenvalue weighted by Gasteiger charge is 2.25. The van der Waals surface area contributed by atoms with Crippen molar-refractivity contribution in [2.24, 2.45) is 0 Å². The van der Waals surface area contributed by atoms with Gasteiger partial charge in [0.25, 0.3) is 0 Å². The number of hydrogen-bond acceptors (Lipinski definition) is 3. The van der Waals surface area contributed by atoms with Crippen LogP contribution in [0.2, 0.25) is 0 Å². The second kappa shape index (κ2) is 3.67. The predicted molar refractivity (Wildman–Crippen MR) is 51.2 cm³/mol. The van der Waals surface area contributed by atoms with Gasteiger partial charge in [-0.3, -0.25) is 5.32 Å². The lowest BCUT2D eigenvalue weighted by atomic mass is 10.1. The van der Waals surface area contributed by atoms with Crippen LogP contribution in [0.15, 0.2) is 24.3 Å².